The first-order valence-corrected chi connectivity index (χ1v) is 4.93. The third-order valence-electron chi connectivity index (χ3n) is 1.89. The molecule has 0 fully saturated rings. The molecule has 0 amide bonds. The minimum absolute atomic E-state index is 0.654. The van der Waals surface area contributed by atoms with Crippen LogP contribution in [0.3, 0.4) is 0 Å². The summed E-state index contributed by atoms with van der Waals surface area (Å²) in [4.78, 5) is 1.09. The van der Waals surface area contributed by atoms with Crippen LogP contribution in [0.4, 0.5) is 5.69 Å². The average molecular weight is 206 g/mol. The third kappa shape index (κ3) is 1.70. The van der Waals surface area contributed by atoms with Gasteiger partial charge in [-0.3, -0.25) is 0 Å². The standard InChI is InChI=1S/C10H10N2OS/c1-13-10-6-9(14-12-10)7-2-4-8(11)5-3-7/h2-6H,11H2,1H3. The lowest BCUT2D eigenvalue weighted by molar-refractivity contribution is 0.403. The van der Waals surface area contributed by atoms with Gasteiger partial charge in [-0.25, -0.2) is 0 Å². The Kier molecular flexibility index (Phi) is 2.37. The monoisotopic (exact) mass is 206 g/mol. The summed E-state index contributed by atoms with van der Waals surface area (Å²) in [7, 11) is 1.61. The normalized spacial score (nSPS) is 10.1. The summed E-state index contributed by atoms with van der Waals surface area (Å²) in [6.45, 7) is 0. The van der Waals surface area contributed by atoms with E-state index in [0.29, 0.717) is 5.88 Å². The predicted molar refractivity (Wildman–Crippen MR) is 58.5 cm³/mol. The van der Waals surface area contributed by atoms with E-state index in [4.69, 9.17) is 10.5 Å². The largest absolute Gasteiger partial charge is 0.480 e. The van der Waals surface area contributed by atoms with Gasteiger partial charge in [0.05, 0.1) is 12.0 Å². The molecule has 2 aromatic rings. The van der Waals surface area contributed by atoms with E-state index in [2.05, 4.69) is 4.37 Å². The summed E-state index contributed by atoms with van der Waals surface area (Å²) in [5.74, 6) is 0.654. The SMILES string of the molecule is COc1cc(-c2ccc(N)cc2)sn1. The maximum absolute atomic E-state index is 5.60. The highest BCUT2D eigenvalue weighted by molar-refractivity contribution is 7.09. The van der Waals surface area contributed by atoms with E-state index in [9.17, 15) is 0 Å². The molecule has 0 unspecified atom stereocenters. The van der Waals surface area contributed by atoms with Crippen LogP contribution in [0.2, 0.25) is 0 Å². The molecule has 2 rings (SSSR count). The highest BCUT2D eigenvalue weighted by atomic mass is 32.1. The molecule has 1 heterocycles. The number of nitrogens with two attached hydrogens (primary N) is 1. The molecule has 0 radical (unpaired) electrons. The van der Waals surface area contributed by atoms with Crippen LogP contribution in [0.1, 0.15) is 0 Å². The summed E-state index contributed by atoms with van der Waals surface area (Å²) in [5, 5.41) is 0. The molecule has 3 nitrogen and oxygen atoms in total. The fourth-order valence-electron chi connectivity index (χ4n) is 1.14. The number of rotatable bonds is 2. The second-order valence-corrected chi connectivity index (χ2v) is 3.66. The number of hydrogen-bond donors (Lipinski definition) is 1. The minimum Gasteiger partial charge on any atom is -0.480 e. The van der Waals surface area contributed by atoms with Crippen molar-refractivity contribution < 1.29 is 4.74 Å². The predicted octanol–water partition coefficient (Wildman–Crippen LogP) is 2.40. The zero-order chi connectivity index (χ0) is 9.97. The lowest BCUT2D eigenvalue weighted by Crippen LogP contribution is -1.82. The Balaban J connectivity index is 2.34. The van der Waals surface area contributed by atoms with Gasteiger partial charge in [0.25, 0.3) is 0 Å². The van der Waals surface area contributed by atoms with Crippen LogP contribution >= 0.6 is 11.5 Å². The molecule has 0 atom stereocenters. The topological polar surface area (TPSA) is 48.1 Å². The smallest absolute Gasteiger partial charge is 0.225 e. The van der Waals surface area contributed by atoms with Crippen LogP contribution in [-0.4, -0.2) is 11.5 Å². The van der Waals surface area contributed by atoms with Gasteiger partial charge in [0.15, 0.2) is 0 Å². The Morgan fingerprint density at radius 3 is 2.57 bits per heavy atom. The second kappa shape index (κ2) is 3.67. The fourth-order valence-corrected chi connectivity index (χ4v) is 1.85. The molecule has 1 aromatic heterocycles. The Labute approximate surface area is 86.3 Å². The van der Waals surface area contributed by atoms with Crippen molar-refractivity contribution in [2.75, 3.05) is 12.8 Å². The number of nitrogen functional groups attached to an aromatic ring is 1. The molecule has 0 spiro atoms. The van der Waals surface area contributed by atoms with Crippen molar-refractivity contribution in [2.45, 2.75) is 0 Å². The summed E-state index contributed by atoms with van der Waals surface area (Å²) in [6, 6.07) is 9.61. The van der Waals surface area contributed by atoms with E-state index in [0.717, 1.165) is 16.1 Å². The van der Waals surface area contributed by atoms with Crippen molar-refractivity contribution in [2.24, 2.45) is 0 Å². The molecule has 0 aliphatic rings. The van der Waals surface area contributed by atoms with Crippen LogP contribution in [-0.2, 0) is 0 Å². The third-order valence-corrected chi connectivity index (χ3v) is 2.71. The molecule has 0 saturated carbocycles. The molecule has 72 valence electrons. The molecular weight excluding hydrogens is 196 g/mol. The van der Waals surface area contributed by atoms with Gasteiger partial charge in [0, 0.05) is 11.8 Å². The molecule has 0 aliphatic carbocycles. The van der Waals surface area contributed by atoms with Crippen LogP contribution in [0.5, 0.6) is 5.88 Å². The molecular formula is C10H10N2OS. The van der Waals surface area contributed by atoms with Crippen LogP contribution in [0.15, 0.2) is 30.3 Å². The van der Waals surface area contributed by atoms with E-state index in [1.165, 1.54) is 11.5 Å². The Morgan fingerprint density at radius 2 is 2.00 bits per heavy atom. The average Bonchev–Trinajstić information content (AvgIpc) is 2.67. The number of methoxy groups -OCH3 is 1. The van der Waals surface area contributed by atoms with Gasteiger partial charge in [0.2, 0.25) is 5.88 Å². The first kappa shape index (κ1) is 9.02. The molecule has 4 heteroatoms. The first-order valence-electron chi connectivity index (χ1n) is 4.16. The highest BCUT2D eigenvalue weighted by Gasteiger charge is 2.03. The molecule has 0 bridgehead atoms. The van der Waals surface area contributed by atoms with Crippen molar-refractivity contribution in [3.8, 4) is 16.3 Å². The number of hydrogen-bond acceptors (Lipinski definition) is 4. The Bertz CT molecular complexity index is 422. The van der Waals surface area contributed by atoms with Crippen molar-refractivity contribution in [1.29, 1.82) is 0 Å². The summed E-state index contributed by atoms with van der Waals surface area (Å²) in [6.07, 6.45) is 0. The maximum atomic E-state index is 5.60. The first-order chi connectivity index (χ1) is 6.79. The minimum atomic E-state index is 0.654. The number of aromatic nitrogens is 1. The molecule has 14 heavy (non-hydrogen) atoms. The van der Waals surface area contributed by atoms with Crippen LogP contribution < -0.4 is 10.5 Å². The molecule has 0 aliphatic heterocycles. The lowest BCUT2D eigenvalue weighted by atomic mass is 10.2. The van der Waals surface area contributed by atoms with Crippen molar-refractivity contribution >= 4 is 17.2 Å². The summed E-state index contributed by atoms with van der Waals surface area (Å²) in [5.41, 5.74) is 7.48. The van der Waals surface area contributed by atoms with Gasteiger partial charge in [0.1, 0.15) is 0 Å². The maximum Gasteiger partial charge on any atom is 0.225 e. The number of benzene rings is 1. The number of ether oxygens (including phenoxy) is 1. The molecule has 2 N–H and O–H groups in total. The van der Waals surface area contributed by atoms with E-state index >= 15 is 0 Å². The molecule has 1 aromatic carbocycles. The van der Waals surface area contributed by atoms with Crippen molar-refractivity contribution in [1.82, 2.24) is 4.37 Å². The van der Waals surface area contributed by atoms with Crippen LogP contribution in [0, 0.1) is 0 Å². The Morgan fingerprint density at radius 1 is 1.29 bits per heavy atom. The summed E-state index contributed by atoms with van der Waals surface area (Å²) >= 11 is 1.42. The van der Waals surface area contributed by atoms with Gasteiger partial charge in [-0.1, -0.05) is 12.1 Å². The molecule has 0 saturated heterocycles. The van der Waals surface area contributed by atoms with Gasteiger partial charge in [-0.15, -0.1) is 0 Å². The van der Waals surface area contributed by atoms with E-state index in [1.807, 2.05) is 30.3 Å². The van der Waals surface area contributed by atoms with Crippen molar-refractivity contribution in [3.63, 3.8) is 0 Å². The lowest BCUT2D eigenvalue weighted by Gasteiger charge is -1.96. The van der Waals surface area contributed by atoms with Gasteiger partial charge >= 0.3 is 0 Å². The zero-order valence-corrected chi connectivity index (χ0v) is 8.54. The summed E-state index contributed by atoms with van der Waals surface area (Å²) < 4.78 is 9.14. The second-order valence-electron chi connectivity index (χ2n) is 2.86. The van der Waals surface area contributed by atoms with Crippen LogP contribution in [0.25, 0.3) is 10.4 Å². The van der Waals surface area contributed by atoms with E-state index < -0.39 is 0 Å². The van der Waals surface area contributed by atoms with Gasteiger partial charge in [-0.05, 0) is 29.2 Å². The highest BCUT2D eigenvalue weighted by Crippen LogP contribution is 2.28. The number of anilines is 1. The number of nitrogens with zero attached hydrogens (tertiary/aromatic N) is 1. The van der Waals surface area contributed by atoms with Gasteiger partial charge < -0.3 is 10.5 Å². The van der Waals surface area contributed by atoms with Gasteiger partial charge in [-0.2, -0.15) is 4.37 Å². The fraction of sp³-hybridized carbons (Fsp3) is 0.100. The quantitative estimate of drug-likeness (QED) is 0.767. The van der Waals surface area contributed by atoms with E-state index in [-0.39, 0.29) is 0 Å². The Hall–Kier alpha value is -1.55. The van der Waals surface area contributed by atoms with Crippen molar-refractivity contribution in [3.05, 3.63) is 30.3 Å². The zero-order valence-electron chi connectivity index (χ0n) is 7.73. The van der Waals surface area contributed by atoms with E-state index in [1.54, 1.807) is 7.11 Å².